The van der Waals surface area contributed by atoms with Crippen molar-refractivity contribution in [2.75, 3.05) is 7.11 Å². The fourth-order valence-corrected chi connectivity index (χ4v) is 3.14. The van der Waals surface area contributed by atoms with Crippen LogP contribution in [0.3, 0.4) is 0 Å². The second-order valence-electron chi connectivity index (χ2n) is 6.50. The molecule has 0 radical (unpaired) electrons. The van der Waals surface area contributed by atoms with Crippen molar-refractivity contribution in [3.8, 4) is 5.75 Å². The first-order valence-corrected chi connectivity index (χ1v) is 8.95. The lowest BCUT2D eigenvalue weighted by atomic mass is 9.94. The van der Waals surface area contributed by atoms with Gasteiger partial charge in [0.25, 0.3) is 0 Å². The number of allylic oxidation sites excluding steroid dienone is 1. The molecule has 3 rings (SSSR count). The molecule has 0 fully saturated rings. The number of nitro benzene ring substituents is 1. The van der Waals surface area contributed by atoms with Crippen LogP contribution in [0.5, 0.6) is 5.75 Å². The number of ether oxygens (including phenoxy) is 2. The normalized spacial score (nSPS) is 15.8. The quantitative estimate of drug-likeness (QED) is 0.431. The van der Waals surface area contributed by atoms with Gasteiger partial charge in [-0.2, -0.15) is 0 Å². The summed E-state index contributed by atoms with van der Waals surface area (Å²) in [5.41, 5.74) is -0.940. The van der Waals surface area contributed by atoms with Crippen molar-refractivity contribution in [2.24, 2.45) is 0 Å². The number of nitrogens with one attached hydrogen (secondary N) is 1. The van der Waals surface area contributed by atoms with Crippen LogP contribution in [0.1, 0.15) is 18.5 Å². The number of imide groups is 1. The van der Waals surface area contributed by atoms with Crippen LogP contribution in [0.4, 0.5) is 24.1 Å². The zero-order chi connectivity index (χ0) is 23.6. The van der Waals surface area contributed by atoms with Gasteiger partial charge in [-0.1, -0.05) is 18.2 Å². The lowest BCUT2D eigenvalue weighted by molar-refractivity contribution is -0.385. The number of carbonyl (C=O) groups excluding carboxylic acids is 3. The highest BCUT2D eigenvalue weighted by Crippen LogP contribution is 2.36. The third kappa shape index (κ3) is 4.10. The number of para-hydroxylation sites is 2. The maximum absolute atomic E-state index is 13.9. The second kappa shape index (κ2) is 8.79. The van der Waals surface area contributed by atoms with E-state index >= 15 is 0 Å². The number of nitrogens with zero attached hydrogens (tertiary/aromatic N) is 2. The predicted molar refractivity (Wildman–Crippen MR) is 103 cm³/mol. The van der Waals surface area contributed by atoms with E-state index in [0.29, 0.717) is 11.0 Å². The Balaban J connectivity index is 2.12. The molecule has 1 N–H and O–H groups in total. The van der Waals surface area contributed by atoms with Crippen molar-refractivity contribution < 1.29 is 37.6 Å². The van der Waals surface area contributed by atoms with Gasteiger partial charge in [0.15, 0.2) is 11.6 Å². The average molecular weight is 447 g/mol. The van der Waals surface area contributed by atoms with Gasteiger partial charge in [0.2, 0.25) is 5.75 Å². The molecule has 2 aromatic carbocycles. The van der Waals surface area contributed by atoms with Gasteiger partial charge in [0, 0.05) is 11.8 Å². The molecule has 166 valence electrons. The van der Waals surface area contributed by atoms with E-state index in [-0.39, 0.29) is 16.8 Å². The largest absolute Gasteiger partial charge is 0.466 e. The molecule has 0 aliphatic carbocycles. The number of amides is 3. The van der Waals surface area contributed by atoms with Crippen molar-refractivity contribution in [1.29, 1.82) is 0 Å². The third-order valence-corrected chi connectivity index (χ3v) is 4.57. The number of benzene rings is 2. The Hall–Kier alpha value is -4.35. The zero-order valence-corrected chi connectivity index (χ0v) is 16.6. The van der Waals surface area contributed by atoms with Crippen LogP contribution < -0.4 is 10.1 Å². The number of nitro groups is 1. The molecule has 0 spiro atoms. The van der Waals surface area contributed by atoms with Crippen molar-refractivity contribution >= 4 is 23.8 Å². The summed E-state index contributed by atoms with van der Waals surface area (Å²) < 4.78 is 37.2. The standard InChI is InChI=1S/C20H15F2N3O7/c1-10-16(18(26)31-2)17(11-7-8-12(21)13(22)9-11)24(19(27)23-10)20(28)32-15-6-4-3-5-14(15)25(29)30/h3-9,17H,1-2H3,(H,23,27). The molecule has 1 atom stereocenters. The van der Waals surface area contributed by atoms with E-state index < -0.39 is 52.1 Å². The van der Waals surface area contributed by atoms with Crippen molar-refractivity contribution in [2.45, 2.75) is 13.0 Å². The Morgan fingerprint density at radius 1 is 1.16 bits per heavy atom. The highest BCUT2D eigenvalue weighted by atomic mass is 19.2. The van der Waals surface area contributed by atoms with Crippen LogP contribution in [0.15, 0.2) is 53.7 Å². The summed E-state index contributed by atoms with van der Waals surface area (Å²) in [6.45, 7) is 1.35. The summed E-state index contributed by atoms with van der Waals surface area (Å²) >= 11 is 0. The minimum Gasteiger partial charge on any atom is -0.466 e. The van der Waals surface area contributed by atoms with Crippen LogP contribution >= 0.6 is 0 Å². The second-order valence-corrected chi connectivity index (χ2v) is 6.50. The van der Waals surface area contributed by atoms with Gasteiger partial charge in [-0.3, -0.25) is 10.1 Å². The van der Waals surface area contributed by atoms with E-state index in [1.165, 1.54) is 19.1 Å². The maximum Gasteiger partial charge on any atom is 0.424 e. The van der Waals surface area contributed by atoms with E-state index in [0.717, 1.165) is 31.4 Å². The molecule has 2 aromatic rings. The molecule has 1 aliphatic heterocycles. The first-order valence-electron chi connectivity index (χ1n) is 8.95. The van der Waals surface area contributed by atoms with E-state index in [1.54, 1.807) is 0 Å². The highest BCUT2D eigenvalue weighted by molar-refractivity contribution is 6.00. The van der Waals surface area contributed by atoms with Gasteiger partial charge in [-0.05, 0) is 30.7 Å². The van der Waals surface area contributed by atoms with Crippen molar-refractivity contribution in [3.63, 3.8) is 0 Å². The molecular formula is C20H15F2N3O7. The molecule has 0 saturated heterocycles. The summed E-state index contributed by atoms with van der Waals surface area (Å²) in [6, 6.07) is 4.82. The Morgan fingerprint density at radius 3 is 2.47 bits per heavy atom. The van der Waals surface area contributed by atoms with Crippen molar-refractivity contribution in [3.05, 3.63) is 81.0 Å². The molecular weight excluding hydrogens is 432 g/mol. The molecule has 0 bridgehead atoms. The smallest absolute Gasteiger partial charge is 0.424 e. The Morgan fingerprint density at radius 2 is 1.84 bits per heavy atom. The lowest BCUT2D eigenvalue weighted by Gasteiger charge is -2.35. The van der Waals surface area contributed by atoms with Crippen LogP contribution in [0.25, 0.3) is 0 Å². The van der Waals surface area contributed by atoms with E-state index in [2.05, 4.69) is 5.32 Å². The lowest BCUT2D eigenvalue weighted by Crippen LogP contribution is -2.52. The first-order chi connectivity index (χ1) is 15.1. The molecule has 3 amide bonds. The van der Waals surface area contributed by atoms with E-state index in [9.17, 15) is 33.3 Å². The number of halogens is 2. The molecule has 1 aliphatic rings. The van der Waals surface area contributed by atoms with Gasteiger partial charge >= 0.3 is 23.8 Å². The van der Waals surface area contributed by atoms with Gasteiger partial charge in [-0.15, -0.1) is 0 Å². The number of hydrogen-bond acceptors (Lipinski definition) is 7. The van der Waals surface area contributed by atoms with Crippen molar-refractivity contribution in [1.82, 2.24) is 10.2 Å². The fourth-order valence-electron chi connectivity index (χ4n) is 3.14. The minimum atomic E-state index is -1.57. The van der Waals surface area contributed by atoms with Gasteiger partial charge < -0.3 is 14.8 Å². The first kappa shape index (κ1) is 22.3. The number of hydrogen-bond donors (Lipinski definition) is 1. The summed E-state index contributed by atoms with van der Waals surface area (Å²) in [5.74, 6) is -3.91. The average Bonchev–Trinajstić information content (AvgIpc) is 2.74. The number of methoxy groups -OCH3 is 1. The molecule has 1 unspecified atom stereocenters. The SMILES string of the molecule is COC(=O)C1=C(C)NC(=O)N(C(=O)Oc2ccccc2[N+](=O)[O-])C1c1ccc(F)c(F)c1. The van der Waals surface area contributed by atoms with Crippen LogP contribution in [0, 0.1) is 21.7 Å². The molecule has 1 heterocycles. The highest BCUT2D eigenvalue weighted by Gasteiger charge is 2.43. The van der Waals surface area contributed by atoms with E-state index in [1.807, 2.05) is 0 Å². The Kier molecular flexibility index (Phi) is 6.14. The van der Waals surface area contributed by atoms with Gasteiger partial charge in [-0.25, -0.2) is 28.1 Å². The summed E-state index contributed by atoms with van der Waals surface area (Å²) in [6.07, 6.45) is -1.40. The molecule has 32 heavy (non-hydrogen) atoms. The van der Waals surface area contributed by atoms with Crippen LogP contribution in [-0.2, 0) is 9.53 Å². The molecule has 0 aromatic heterocycles. The number of esters is 1. The summed E-state index contributed by atoms with van der Waals surface area (Å²) in [5, 5.41) is 13.5. The summed E-state index contributed by atoms with van der Waals surface area (Å²) in [4.78, 5) is 48.8. The summed E-state index contributed by atoms with van der Waals surface area (Å²) in [7, 11) is 1.05. The molecule has 10 nitrogen and oxygen atoms in total. The fraction of sp³-hybridized carbons (Fsp3) is 0.150. The number of urea groups is 1. The Labute approximate surface area is 179 Å². The van der Waals surface area contributed by atoms with E-state index in [4.69, 9.17) is 9.47 Å². The zero-order valence-electron chi connectivity index (χ0n) is 16.6. The predicted octanol–water partition coefficient (Wildman–Crippen LogP) is 3.59. The Bertz CT molecular complexity index is 1170. The maximum atomic E-state index is 13.9. The molecule has 0 saturated carbocycles. The third-order valence-electron chi connectivity index (χ3n) is 4.57. The monoisotopic (exact) mass is 447 g/mol. The number of rotatable bonds is 4. The topological polar surface area (TPSA) is 128 Å². The van der Waals surface area contributed by atoms with Gasteiger partial charge in [0.1, 0.15) is 6.04 Å². The number of carbonyl (C=O) groups is 3. The minimum absolute atomic E-state index is 0.00586. The van der Waals surface area contributed by atoms with Crippen LogP contribution in [-0.4, -0.2) is 35.0 Å². The van der Waals surface area contributed by atoms with Crippen LogP contribution in [0.2, 0.25) is 0 Å². The van der Waals surface area contributed by atoms with Gasteiger partial charge in [0.05, 0.1) is 17.6 Å². The molecule has 12 heteroatoms.